The lowest BCUT2D eigenvalue weighted by Gasteiger charge is -2.68. The van der Waals surface area contributed by atoms with Gasteiger partial charge in [0.1, 0.15) is 11.7 Å². The van der Waals surface area contributed by atoms with Crippen LogP contribution in [0.5, 0.6) is 0 Å². The van der Waals surface area contributed by atoms with E-state index in [2.05, 4.69) is 34.6 Å². The van der Waals surface area contributed by atoms with Crippen molar-refractivity contribution >= 4 is 5.97 Å². The summed E-state index contributed by atoms with van der Waals surface area (Å²) in [5.74, 6) is 3.59. The molecule has 4 rings (SSSR count). The molecule has 0 saturated heterocycles. The standard InChI is InChI=1S/C30H52O4/c1-19(2)9-8-10-20(3)24-11-12-25-23-18-29(7,32)30(33)17-22(34-21(4)31)13-16-28(30,6)26(23)14-15-27(24,25)5/h19-20,22-26,32-33H,8-18H2,1-7H3/t20-,22+,23+,24-,25+,26+,27-,28-,29+,30-/m1/s1. The monoisotopic (exact) mass is 476 g/mol. The number of hydrogen-bond donors (Lipinski definition) is 2. The number of rotatable bonds is 6. The van der Waals surface area contributed by atoms with Gasteiger partial charge in [-0.3, -0.25) is 4.79 Å². The Morgan fingerprint density at radius 1 is 0.941 bits per heavy atom. The van der Waals surface area contributed by atoms with Gasteiger partial charge in [0, 0.05) is 18.8 Å². The third kappa shape index (κ3) is 4.07. The van der Waals surface area contributed by atoms with Crippen LogP contribution in [-0.4, -0.2) is 33.5 Å². The van der Waals surface area contributed by atoms with Crippen molar-refractivity contribution in [1.82, 2.24) is 0 Å². The van der Waals surface area contributed by atoms with Crippen LogP contribution in [0.15, 0.2) is 0 Å². The van der Waals surface area contributed by atoms with Crippen molar-refractivity contribution in [2.75, 3.05) is 0 Å². The number of carbonyl (C=O) groups is 1. The Kier molecular flexibility index (Phi) is 7.04. The van der Waals surface area contributed by atoms with Gasteiger partial charge in [-0.25, -0.2) is 0 Å². The van der Waals surface area contributed by atoms with Gasteiger partial charge in [-0.15, -0.1) is 0 Å². The van der Waals surface area contributed by atoms with Crippen molar-refractivity contribution in [1.29, 1.82) is 0 Å². The van der Waals surface area contributed by atoms with E-state index < -0.39 is 11.2 Å². The predicted octanol–water partition coefficient (Wildman–Crippen LogP) is 6.52. The van der Waals surface area contributed by atoms with Gasteiger partial charge in [0.25, 0.3) is 0 Å². The molecule has 0 bridgehead atoms. The van der Waals surface area contributed by atoms with E-state index in [9.17, 15) is 15.0 Å². The molecule has 0 aromatic carbocycles. The third-order valence-corrected chi connectivity index (χ3v) is 11.8. The van der Waals surface area contributed by atoms with Crippen LogP contribution in [0.3, 0.4) is 0 Å². The molecule has 4 heteroatoms. The van der Waals surface area contributed by atoms with Crippen molar-refractivity contribution in [3.63, 3.8) is 0 Å². The molecule has 196 valence electrons. The lowest BCUT2D eigenvalue weighted by molar-refractivity contribution is -0.301. The van der Waals surface area contributed by atoms with E-state index in [4.69, 9.17) is 4.74 Å². The molecule has 0 aromatic heterocycles. The Morgan fingerprint density at radius 2 is 1.65 bits per heavy atom. The lowest BCUT2D eigenvalue weighted by atomic mass is 9.40. The quantitative estimate of drug-likeness (QED) is 0.429. The molecule has 4 nitrogen and oxygen atoms in total. The fourth-order valence-corrected chi connectivity index (χ4v) is 10.0. The molecule has 0 aromatic rings. The summed E-state index contributed by atoms with van der Waals surface area (Å²) in [5, 5.41) is 24.0. The van der Waals surface area contributed by atoms with Gasteiger partial charge in [-0.05, 0) is 92.8 Å². The predicted molar refractivity (Wildman–Crippen MR) is 136 cm³/mol. The zero-order valence-electron chi connectivity index (χ0n) is 23.0. The maximum absolute atomic E-state index is 12.1. The van der Waals surface area contributed by atoms with Crippen LogP contribution in [0.4, 0.5) is 0 Å². The Balaban J connectivity index is 1.56. The van der Waals surface area contributed by atoms with Crippen LogP contribution in [0, 0.1) is 46.3 Å². The summed E-state index contributed by atoms with van der Waals surface area (Å²) in [4.78, 5) is 11.6. The Hall–Kier alpha value is -0.610. The summed E-state index contributed by atoms with van der Waals surface area (Å²) in [5.41, 5.74) is -2.36. The highest BCUT2D eigenvalue weighted by Crippen LogP contribution is 2.70. The van der Waals surface area contributed by atoms with Crippen LogP contribution in [0.2, 0.25) is 0 Å². The SMILES string of the molecule is CC(=O)O[C@H]1CC[C@]2(C)[C@H]3CC[C@]4(C)[C@@H]([C@H](C)CCCC(C)C)CC[C@H]4[C@@H]3C[C@](C)(O)[C@@]2(O)C1. The first-order valence-corrected chi connectivity index (χ1v) is 14.4. The zero-order valence-corrected chi connectivity index (χ0v) is 23.0. The van der Waals surface area contributed by atoms with E-state index in [1.807, 2.05) is 6.92 Å². The average Bonchev–Trinajstić information content (AvgIpc) is 3.07. The van der Waals surface area contributed by atoms with E-state index in [0.717, 1.165) is 37.0 Å². The van der Waals surface area contributed by atoms with Crippen LogP contribution < -0.4 is 0 Å². The lowest BCUT2D eigenvalue weighted by Crippen LogP contribution is -2.73. The number of hydrogen-bond acceptors (Lipinski definition) is 4. The molecule has 34 heavy (non-hydrogen) atoms. The smallest absolute Gasteiger partial charge is 0.302 e. The number of aliphatic hydroxyl groups is 2. The molecule has 4 fully saturated rings. The first-order valence-electron chi connectivity index (χ1n) is 14.4. The molecule has 0 amide bonds. The summed E-state index contributed by atoms with van der Waals surface area (Å²) in [6.07, 6.45) is 11.3. The van der Waals surface area contributed by atoms with Crippen molar-refractivity contribution in [3.8, 4) is 0 Å². The van der Waals surface area contributed by atoms with E-state index in [-0.39, 0.29) is 17.5 Å². The topological polar surface area (TPSA) is 66.8 Å². The molecule has 2 N–H and O–H groups in total. The largest absolute Gasteiger partial charge is 0.462 e. The highest BCUT2D eigenvalue weighted by molar-refractivity contribution is 5.66. The molecule has 0 aliphatic heterocycles. The summed E-state index contributed by atoms with van der Waals surface area (Å²) in [7, 11) is 0. The molecule has 0 spiro atoms. The fraction of sp³-hybridized carbons (Fsp3) is 0.967. The van der Waals surface area contributed by atoms with Crippen molar-refractivity contribution in [3.05, 3.63) is 0 Å². The van der Waals surface area contributed by atoms with E-state index >= 15 is 0 Å². The van der Waals surface area contributed by atoms with Gasteiger partial charge < -0.3 is 14.9 Å². The molecule has 4 saturated carbocycles. The van der Waals surface area contributed by atoms with Gasteiger partial charge in [0.05, 0.1) is 5.60 Å². The normalized spacial score (nSPS) is 49.2. The third-order valence-electron chi connectivity index (χ3n) is 11.8. The summed E-state index contributed by atoms with van der Waals surface area (Å²) >= 11 is 0. The maximum atomic E-state index is 12.1. The molecular weight excluding hydrogens is 424 g/mol. The maximum Gasteiger partial charge on any atom is 0.302 e. The van der Waals surface area contributed by atoms with E-state index in [1.54, 1.807) is 0 Å². The van der Waals surface area contributed by atoms with E-state index in [1.165, 1.54) is 45.4 Å². The Morgan fingerprint density at radius 3 is 2.29 bits per heavy atom. The highest BCUT2D eigenvalue weighted by Gasteiger charge is 2.71. The van der Waals surface area contributed by atoms with Gasteiger partial charge in [0.2, 0.25) is 0 Å². The molecule has 0 heterocycles. The number of carbonyl (C=O) groups excluding carboxylic acids is 1. The molecule has 10 atom stereocenters. The molecular formula is C30H52O4. The average molecular weight is 477 g/mol. The zero-order chi connectivity index (χ0) is 25.1. The van der Waals surface area contributed by atoms with Crippen LogP contribution in [0.25, 0.3) is 0 Å². The summed E-state index contributed by atoms with van der Waals surface area (Å²) in [6, 6.07) is 0. The van der Waals surface area contributed by atoms with Crippen LogP contribution >= 0.6 is 0 Å². The van der Waals surface area contributed by atoms with Crippen LogP contribution in [-0.2, 0) is 9.53 Å². The minimum Gasteiger partial charge on any atom is -0.462 e. The second-order valence-corrected chi connectivity index (χ2v) is 14.1. The Labute approximate surface area is 208 Å². The molecule has 4 aliphatic rings. The molecule has 0 radical (unpaired) electrons. The van der Waals surface area contributed by atoms with Gasteiger partial charge in [-0.2, -0.15) is 0 Å². The summed E-state index contributed by atoms with van der Waals surface area (Å²) < 4.78 is 5.54. The minimum atomic E-state index is -1.21. The van der Waals surface area contributed by atoms with Crippen LogP contribution in [0.1, 0.15) is 119 Å². The second-order valence-electron chi connectivity index (χ2n) is 14.1. The van der Waals surface area contributed by atoms with Gasteiger partial charge in [-0.1, -0.05) is 53.9 Å². The second kappa shape index (κ2) is 9.05. The van der Waals surface area contributed by atoms with Gasteiger partial charge in [0.15, 0.2) is 0 Å². The number of esters is 1. The van der Waals surface area contributed by atoms with E-state index in [0.29, 0.717) is 36.0 Å². The molecule has 0 unspecified atom stereocenters. The first-order chi connectivity index (χ1) is 15.7. The minimum absolute atomic E-state index is 0.293. The summed E-state index contributed by atoms with van der Waals surface area (Å²) in [6.45, 7) is 15.3. The number of ether oxygens (including phenoxy) is 1. The number of fused-ring (bicyclic) bond motifs is 5. The van der Waals surface area contributed by atoms with Gasteiger partial charge >= 0.3 is 5.97 Å². The van der Waals surface area contributed by atoms with Crippen molar-refractivity contribution < 1.29 is 19.7 Å². The fourth-order valence-electron chi connectivity index (χ4n) is 10.0. The molecule has 4 aliphatic carbocycles. The Bertz CT molecular complexity index is 761. The van der Waals surface area contributed by atoms with Crippen molar-refractivity contribution in [2.45, 2.75) is 136 Å². The highest BCUT2D eigenvalue weighted by atomic mass is 16.5. The van der Waals surface area contributed by atoms with Crippen molar-refractivity contribution in [2.24, 2.45) is 46.3 Å². The first kappa shape index (κ1) is 26.5.